The lowest BCUT2D eigenvalue weighted by Gasteiger charge is -2.10. The minimum absolute atomic E-state index is 0.0143. The highest BCUT2D eigenvalue weighted by Crippen LogP contribution is 2.10. The molecule has 0 saturated carbocycles. The maximum absolute atomic E-state index is 11.6. The molecule has 0 aromatic heterocycles. The molecule has 1 amide bonds. The van der Waals surface area contributed by atoms with Gasteiger partial charge in [-0.05, 0) is 30.5 Å². The molecule has 5 heteroatoms. The minimum atomic E-state index is -0.526. The molecule has 0 heterocycles. The largest absolute Gasteiger partial charge is 0.391 e. The van der Waals surface area contributed by atoms with Crippen LogP contribution in [0.15, 0.2) is 24.3 Å². The maximum Gasteiger partial charge on any atom is 0.220 e. The van der Waals surface area contributed by atoms with E-state index in [-0.39, 0.29) is 5.91 Å². The number of ether oxygens (including phenoxy) is 1. The van der Waals surface area contributed by atoms with E-state index in [0.717, 1.165) is 5.56 Å². The van der Waals surface area contributed by atoms with Gasteiger partial charge in [-0.3, -0.25) is 4.79 Å². The number of benzene rings is 1. The lowest BCUT2D eigenvalue weighted by atomic mass is 10.1. The Balaban J connectivity index is 2.16. The van der Waals surface area contributed by atoms with Gasteiger partial charge in [0.1, 0.15) is 0 Å². The van der Waals surface area contributed by atoms with Gasteiger partial charge in [-0.15, -0.1) is 0 Å². The number of carbonyl (C=O) groups is 1. The third-order valence-electron chi connectivity index (χ3n) is 2.71. The lowest BCUT2D eigenvalue weighted by Crippen LogP contribution is -2.28. The van der Waals surface area contributed by atoms with E-state index in [1.54, 1.807) is 0 Å². The summed E-state index contributed by atoms with van der Waals surface area (Å²) in [6.45, 7) is 0.755. The molecule has 0 saturated heterocycles. The van der Waals surface area contributed by atoms with Crippen molar-refractivity contribution in [2.75, 3.05) is 20.3 Å². The lowest BCUT2D eigenvalue weighted by molar-refractivity contribution is -0.121. The van der Waals surface area contributed by atoms with E-state index in [1.165, 1.54) is 7.11 Å². The second kappa shape index (κ2) is 8.91. The van der Waals surface area contributed by atoms with E-state index in [0.29, 0.717) is 37.4 Å². The van der Waals surface area contributed by atoms with Crippen molar-refractivity contribution in [1.82, 2.24) is 5.32 Å². The first-order chi connectivity index (χ1) is 9.11. The molecule has 1 rings (SSSR count). The zero-order chi connectivity index (χ0) is 14.1. The molecule has 0 aliphatic rings. The van der Waals surface area contributed by atoms with E-state index >= 15 is 0 Å². The van der Waals surface area contributed by atoms with Gasteiger partial charge in [0.05, 0.1) is 12.7 Å². The fraction of sp³-hybridized carbons (Fsp3) is 0.500. The molecule has 0 spiro atoms. The van der Waals surface area contributed by atoms with Crippen molar-refractivity contribution in [2.45, 2.75) is 25.4 Å². The number of hydrogen-bond acceptors (Lipinski definition) is 3. The van der Waals surface area contributed by atoms with Crippen LogP contribution < -0.4 is 5.32 Å². The molecule has 1 aromatic carbocycles. The zero-order valence-corrected chi connectivity index (χ0v) is 11.8. The molecule has 0 aliphatic heterocycles. The first kappa shape index (κ1) is 16.0. The number of aryl methyl sites for hydroxylation is 1. The number of aliphatic hydroxyl groups is 1. The van der Waals surface area contributed by atoms with Crippen LogP contribution in [-0.2, 0) is 16.0 Å². The summed E-state index contributed by atoms with van der Waals surface area (Å²) in [4.78, 5) is 11.6. The smallest absolute Gasteiger partial charge is 0.220 e. The van der Waals surface area contributed by atoms with Crippen LogP contribution in [0.2, 0.25) is 5.02 Å². The number of nitrogens with one attached hydrogen (secondary N) is 1. The molecule has 1 aromatic rings. The van der Waals surface area contributed by atoms with Crippen LogP contribution in [0.4, 0.5) is 0 Å². The van der Waals surface area contributed by atoms with Gasteiger partial charge >= 0.3 is 0 Å². The van der Waals surface area contributed by atoms with Crippen molar-refractivity contribution in [3.05, 3.63) is 34.9 Å². The summed E-state index contributed by atoms with van der Waals surface area (Å²) in [7, 11) is 1.54. The maximum atomic E-state index is 11.6. The van der Waals surface area contributed by atoms with Crippen molar-refractivity contribution in [2.24, 2.45) is 0 Å². The highest BCUT2D eigenvalue weighted by atomic mass is 35.5. The molecule has 2 N–H and O–H groups in total. The second-order valence-corrected chi connectivity index (χ2v) is 4.81. The van der Waals surface area contributed by atoms with Crippen LogP contribution in [0.1, 0.15) is 18.4 Å². The third-order valence-corrected chi connectivity index (χ3v) is 2.96. The Morgan fingerprint density at radius 1 is 1.42 bits per heavy atom. The van der Waals surface area contributed by atoms with Gasteiger partial charge in [0.25, 0.3) is 0 Å². The van der Waals surface area contributed by atoms with Gasteiger partial charge in [-0.1, -0.05) is 23.7 Å². The van der Waals surface area contributed by atoms with Crippen LogP contribution in [0.3, 0.4) is 0 Å². The summed E-state index contributed by atoms with van der Waals surface area (Å²) in [6, 6.07) is 7.46. The van der Waals surface area contributed by atoms with Crippen molar-refractivity contribution >= 4 is 17.5 Å². The topological polar surface area (TPSA) is 58.6 Å². The van der Waals surface area contributed by atoms with E-state index in [9.17, 15) is 9.90 Å². The van der Waals surface area contributed by atoms with Crippen LogP contribution in [0.25, 0.3) is 0 Å². The zero-order valence-electron chi connectivity index (χ0n) is 11.1. The highest BCUT2D eigenvalue weighted by Gasteiger charge is 2.05. The predicted molar refractivity (Wildman–Crippen MR) is 75.3 cm³/mol. The summed E-state index contributed by atoms with van der Waals surface area (Å²) < 4.78 is 4.80. The first-order valence-corrected chi connectivity index (χ1v) is 6.67. The van der Waals surface area contributed by atoms with Crippen molar-refractivity contribution in [3.8, 4) is 0 Å². The van der Waals surface area contributed by atoms with E-state index in [1.807, 2.05) is 24.3 Å². The molecule has 1 unspecified atom stereocenters. The second-order valence-electron chi connectivity index (χ2n) is 4.37. The number of methoxy groups -OCH3 is 1. The molecule has 19 heavy (non-hydrogen) atoms. The van der Waals surface area contributed by atoms with Crippen molar-refractivity contribution < 1.29 is 14.6 Å². The van der Waals surface area contributed by atoms with Gasteiger partial charge in [0, 0.05) is 25.1 Å². The number of hydrogen-bond donors (Lipinski definition) is 2. The molecule has 1 atom stereocenters. The van der Waals surface area contributed by atoms with Crippen molar-refractivity contribution in [1.29, 1.82) is 0 Å². The van der Waals surface area contributed by atoms with Gasteiger partial charge in [0.2, 0.25) is 5.91 Å². The Labute approximate surface area is 118 Å². The average molecular weight is 286 g/mol. The third kappa shape index (κ3) is 7.15. The standard InChI is InChI=1S/C14H20ClNO3/c1-19-10-13(17)8-9-16-14(18)7-4-11-2-5-12(15)6-3-11/h2-3,5-6,13,17H,4,7-10H2,1H3,(H,16,18). The molecule has 0 fully saturated rings. The van der Waals surface area contributed by atoms with E-state index < -0.39 is 6.10 Å². The SMILES string of the molecule is COCC(O)CCNC(=O)CCc1ccc(Cl)cc1. The first-order valence-electron chi connectivity index (χ1n) is 6.30. The Morgan fingerprint density at radius 3 is 2.74 bits per heavy atom. The summed E-state index contributed by atoms with van der Waals surface area (Å²) in [5.41, 5.74) is 1.08. The monoisotopic (exact) mass is 285 g/mol. The number of amides is 1. The van der Waals surface area contributed by atoms with E-state index in [4.69, 9.17) is 16.3 Å². The molecule has 0 bridgehead atoms. The number of aliphatic hydroxyl groups excluding tert-OH is 1. The summed E-state index contributed by atoms with van der Waals surface area (Å²) in [5, 5.41) is 12.9. The molecular formula is C14H20ClNO3. The predicted octanol–water partition coefficient (Wildman–Crippen LogP) is 1.79. The van der Waals surface area contributed by atoms with Gasteiger partial charge in [0.15, 0.2) is 0 Å². The Hall–Kier alpha value is -1.10. The number of rotatable bonds is 8. The number of halogens is 1. The van der Waals surface area contributed by atoms with Gasteiger partial charge < -0.3 is 15.2 Å². The normalized spacial score (nSPS) is 12.2. The number of carbonyl (C=O) groups excluding carboxylic acids is 1. The van der Waals surface area contributed by atoms with Crippen molar-refractivity contribution in [3.63, 3.8) is 0 Å². The fourth-order valence-corrected chi connectivity index (χ4v) is 1.78. The van der Waals surface area contributed by atoms with Crippen LogP contribution >= 0.6 is 11.6 Å². The summed E-state index contributed by atoms with van der Waals surface area (Å²) >= 11 is 5.79. The minimum Gasteiger partial charge on any atom is -0.391 e. The van der Waals surface area contributed by atoms with Crippen LogP contribution in [0, 0.1) is 0 Å². The molecule has 0 radical (unpaired) electrons. The molecule has 106 valence electrons. The molecule has 0 aliphatic carbocycles. The highest BCUT2D eigenvalue weighted by molar-refractivity contribution is 6.30. The fourth-order valence-electron chi connectivity index (χ4n) is 1.65. The Bertz CT molecular complexity index is 381. The Morgan fingerprint density at radius 2 is 2.11 bits per heavy atom. The summed E-state index contributed by atoms with van der Waals surface area (Å²) in [5.74, 6) is -0.0143. The molecular weight excluding hydrogens is 266 g/mol. The van der Waals surface area contributed by atoms with Crippen LogP contribution in [0.5, 0.6) is 0 Å². The van der Waals surface area contributed by atoms with E-state index in [2.05, 4.69) is 5.32 Å². The summed E-state index contributed by atoms with van der Waals surface area (Å²) in [6.07, 6.45) is 1.09. The van der Waals surface area contributed by atoms with Crippen LogP contribution in [-0.4, -0.2) is 37.4 Å². The van der Waals surface area contributed by atoms with Gasteiger partial charge in [-0.25, -0.2) is 0 Å². The molecule has 4 nitrogen and oxygen atoms in total. The average Bonchev–Trinajstić information content (AvgIpc) is 2.38. The Kier molecular flexibility index (Phi) is 7.48. The van der Waals surface area contributed by atoms with Gasteiger partial charge in [-0.2, -0.15) is 0 Å². The quantitative estimate of drug-likeness (QED) is 0.765.